The molecule has 0 spiro atoms. The van der Waals surface area contributed by atoms with Crippen LogP contribution in [0.2, 0.25) is 10.0 Å². The van der Waals surface area contributed by atoms with Crippen LogP contribution < -0.4 is 20.1 Å². The Morgan fingerprint density at radius 2 is 1.80 bits per heavy atom. The fourth-order valence-corrected chi connectivity index (χ4v) is 3.70. The van der Waals surface area contributed by atoms with Crippen molar-refractivity contribution in [3.8, 4) is 11.5 Å². The lowest BCUT2D eigenvalue weighted by Gasteiger charge is -2.16. The molecule has 0 heterocycles. The fourth-order valence-electron chi connectivity index (χ4n) is 3.17. The summed E-state index contributed by atoms with van der Waals surface area (Å²) < 4.78 is 25.4. The lowest BCUT2D eigenvalue weighted by molar-refractivity contribution is -0.384. The Hall–Kier alpha value is -2.78. The van der Waals surface area contributed by atoms with Gasteiger partial charge in [0.15, 0.2) is 11.5 Å². The smallest absolute Gasteiger partial charge is 0.271 e. The molecule has 0 aliphatic rings. The highest BCUT2D eigenvalue weighted by Crippen LogP contribution is 2.37. The molecule has 0 unspecified atom stereocenters. The van der Waals surface area contributed by atoms with E-state index in [2.05, 4.69) is 10.6 Å². The topological polar surface area (TPSA) is 85.7 Å². The van der Waals surface area contributed by atoms with Crippen molar-refractivity contribution in [3.63, 3.8) is 0 Å². The Morgan fingerprint density at radius 3 is 2.49 bits per heavy atom. The predicted octanol–water partition coefficient (Wildman–Crippen LogP) is 6.64. The molecule has 0 aromatic heterocycles. The highest BCUT2D eigenvalue weighted by atomic mass is 35.5. The van der Waals surface area contributed by atoms with Gasteiger partial charge in [0.2, 0.25) is 0 Å². The molecule has 3 rings (SSSR count). The molecule has 3 aromatic carbocycles. The third-order valence-corrected chi connectivity index (χ3v) is 5.40. The summed E-state index contributed by atoms with van der Waals surface area (Å²) in [6.07, 6.45) is 0. The van der Waals surface area contributed by atoms with Crippen molar-refractivity contribution >= 4 is 47.0 Å². The number of ether oxygens (including phenoxy) is 2. The number of nitrogens with zero attached hydrogens (tertiary/aromatic N) is 1. The van der Waals surface area contributed by atoms with Crippen LogP contribution in [0.15, 0.2) is 54.6 Å². The van der Waals surface area contributed by atoms with Gasteiger partial charge in [-0.25, -0.2) is 4.39 Å². The van der Waals surface area contributed by atoms with Gasteiger partial charge >= 0.3 is 0 Å². The monoisotopic (exact) mass is 543 g/mol. The number of nitro groups is 1. The van der Waals surface area contributed by atoms with Crippen LogP contribution in [0, 0.1) is 15.9 Å². The number of nitro benzene ring substituents is 1. The number of halogens is 4. The Balaban J connectivity index is 0.00000432. The summed E-state index contributed by atoms with van der Waals surface area (Å²) in [5, 5.41) is 17.9. The van der Waals surface area contributed by atoms with Crippen LogP contribution in [0.4, 0.5) is 15.8 Å². The van der Waals surface area contributed by atoms with Gasteiger partial charge in [0.1, 0.15) is 12.4 Å². The predicted molar refractivity (Wildman–Crippen MR) is 139 cm³/mol. The minimum absolute atomic E-state index is 0. The number of non-ortho nitro benzene ring substituents is 1. The van der Waals surface area contributed by atoms with Crippen molar-refractivity contribution in [2.24, 2.45) is 0 Å². The van der Waals surface area contributed by atoms with Crippen molar-refractivity contribution in [1.82, 2.24) is 5.32 Å². The van der Waals surface area contributed by atoms with Gasteiger partial charge in [-0.15, -0.1) is 12.4 Å². The molecule has 7 nitrogen and oxygen atoms in total. The number of benzene rings is 3. The van der Waals surface area contributed by atoms with Gasteiger partial charge in [-0.05, 0) is 36.8 Å². The van der Waals surface area contributed by atoms with Crippen molar-refractivity contribution in [1.29, 1.82) is 0 Å². The lowest BCUT2D eigenvalue weighted by Crippen LogP contribution is -2.22. The fraction of sp³-hybridized carbons (Fsp3) is 0.250. The summed E-state index contributed by atoms with van der Waals surface area (Å²) in [6.45, 7) is 3.97. The minimum atomic E-state index is -0.491. The van der Waals surface area contributed by atoms with E-state index in [0.717, 1.165) is 5.56 Å². The first-order valence-electron chi connectivity index (χ1n) is 10.6. The maximum absolute atomic E-state index is 13.9. The minimum Gasteiger partial charge on any atom is -0.490 e. The van der Waals surface area contributed by atoms with E-state index in [9.17, 15) is 14.5 Å². The van der Waals surface area contributed by atoms with E-state index in [0.29, 0.717) is 54.0 Å². The SMILES string of the molecule is CCOc1cc(CNCCNc2ccc([N+](=O)[O-])cc2Cl)cc(Cl)c1OCc1ccccc1F.Cl. The van der Waals surface area contributed by atoms with Crippen molar-refractivity contribution < 1.29 is 18.8 Å². The van der Waals surface area contributed by atoms with Crippen molar-refractivity contribution in [2.45, 2.75) is 20.1 Å². The van der Waals surface area contributed by atoms with Gasteiger partial charge in [-0.2, -0.15) is 0 Å². The van der Waals surface area contributed by atoms with Crippen LogP contribution in [-0.4, -0.2) is 24.6 Å². The van der Waals surface area contributed by atoms with E-state index in [1.807, 2.05) is 13.0 Å². The van der Waals surface area contributed by atoms with Gasteiger partial charge < -0.3 is 20.1 Å². The lowest BCUT2D eigenvalue weighted by atomic mass is 10.2. The summed E-state index contributed by atoms with van der Waals surface area (Å²) in [5.41, 5.74) is 1.87. The summed E-state index contributed by atoms with van der Waals surface area (Å²) in [7, 11) is 0. The standard InChI is InChI=1S/C24H24Cl2FN3O4.ClH/c1-2-33-23-12-16(11-20(26)24(23)34-15-17-5-3-4-6-21(17)27)14-28-9-10-29-22-8-7-18(30(31)32)13-19(22)25;/h3-8,11-13,28-29H,2,9-10,14-15H2,1H3;1H. The number of anilines is 1. The molecule has 0 saturated heterocycles. The van der Waals surface area contributed by atoms with Gasteiger partial charge in [0, 0.05) is 37.3 Å². The third kappa shape index (κ3) is 8.14. The second-order valence-electron chi connectivity index (χ2n) is 7.24. The Kier molecular flexibility index (Phi) is 11.3. The summed E-state index contributed by atoms with van der Waals surface area (Å²) >= 11 is 12.5. The van der Waals surface area contributed by atoms with E-state index < -0.39 is 4.92 Å². The first kappa shape index (κ1) is 28.5. The first-order chi connectivity index (χ1) is 16.4. The highest BCUT2D eigenvalue weighted by molar-refractivity contribution is 6.33. The van der Waals surface area contributed by atoms with E-state index in [4.69, 9.17) is 32.7 Å². The van der Waals surface area contributed by atoms with Crippen molar-refractivity contribution in [3.05, 3.63) is 91.7 Å². The zero-order valence-corrected chi connectivity index (χ0v) is 21.2. The van der Waals surface area contributed by atoms with Gasteiger partial charge in [0.05, 0.1) is 27.3 Å². The first-order valence-corrected chi connectivity index (χ1v) is 11.3. The van der Waals surface area contributed by atoms with Crippen molar-refractivity contribution in [2.75, 3.05) is 25.0 Å². The quantitative estimate of drug-likeness (QED) is 0.151. The molecule has 11 heteroatoms. The molecule has 0 fully saturated rings. The Morgan fingerprint density at radius 1 is 1.03 bits per heavy atom. The molecule has 0 aliphatic heterocycles. The second kappa shape index (κ2) is 13.9. The zero-order chi connectivity index (χ0) is 24.5. The molecule has 0 bridgehead atoms. The van der Waals surface area contributed by atoms with E-state index >= 15 is 0 Å². The molecular formula is C24H25Cl3FN3O4. The number of hydrogen-bond acceptors (Lipinski definition) is 6. The second-order valence-corrected chi connectivity index (χ2v) is 8.06. The Bertz CT molecular complexity index is 1150. The molecule has 0 amide bonds. The van der Waals surface area contributed by atoms with E-state index in [1.54, 1.807) is 30.3 Å². The Labute approximate surface area is 219 Å². The van der Waals surface area contributed by atoms with Gasteiger partial charge in [0.25, 0.3) is 5.69 Å². The highest BCUT2D eigenvalue weighted by Gasteiger charge is 2.14. The third-order valence-electron chi connectivity index (χ3n) is 4.81. The molecule has 0 saturated carbocycles. The maximum Gasteiger partial charge on any atom is 0.271 e. The van der Waals surface area contributed by atoms with Crippen LogP contribution >= 0.6 is 35.6 Å². The number of rotatable bonds is 12. The molecule has 3 aromatic rings. The molecule has 188 valence electrons. The van der Waals surface area contributed by atoms with Crippen LogP contribution in [0.25, 0.3) is 0 Å². The summed E-state index contributed by atoms with van der Waals surface area (Å²) in [5.74, 6) is 0.505. The van der Waals surface area contributed by atoms with Crippen LogP contribution in [0.3, 0.4) is 0 Å². The van der Waals surface area contributed by atoms with Crippen LogP contribution in [0.1, 0.15) is 18.1 Å². The van der Waals surface area contributed by atoms with Gasteiger partial charge in [-0.3, -0.25) is 10.1 Å². The van der Waals surface area contributed by atoms with Crippen LogP contribution in [0.5, 0.6) is 11.5 Å². The summed E-state index contributed by atoms with van der Waals surface area (Å²) in [4.78, 5) is 10.3. The normalized spacial score (nSPS) is 10.4. The zero-order valence-electron chi connectivity index (χ0n) is 18.9. The number of nitrogens with one attached hydrogen (secondary N) is 2. The molecule has 0 atom stereocenters. The van der Waals surface area contributed by atoms with Gasteiger partial charge in [-0.1, -0.05) is 41.4 Å². The molecule has 0 radical (unpaired) electrons. The molecule has 0 aliphatic carbocycles. The molecule has 2 N–H and O–H groups in total. The van der Waals surface area contributed by atoms with Crippen LogP contribution in [-0.2, 0) is 13.2 Å². The molecular weight excluding hydrogens is 520 g/mol. The average Bonchev–Trinajstić information content (AvgIpc) is 2.80. The largest absolute Gasteiger partial charge is 0.490 e. The number of hydrogen-bond donors (Lipinski definition) is 2. The maximum atomic E-state index is 13.9. The average molecular weight is 545 g/mol. The van der Waals surface area contributed by atoms with E-state index in [1.165, 1.54) is 18.2 Å². The van der Waals surface area contributed by atoms with E-state index in [-0.39, 0.29) is 35.5 Å². The molecule has 35 heavy (non-hydrogen) atoms. The summed E-state index contributed by atoms with van der Waals surface area (Å²) in [6, 6.07) is 14.3.